The molecule has 0 saturated carbocycles. The molecule has 0 radical (unpaired) electrons. The number of para-hydroxylation sites is 2. The highest BCUT2D eigenvalue weighted by atomic mass is 16.5. The molecular weight excluding hydrogens is 404 g/mol. The van der Waals surface area contributed by atoms with Crippen LogP contribution in [0.4, 0.5) is 5.69 Å². The van der Waals surface area contributed by atoms with Crippen LogP contribution in [-0.2, 0) is 22.7 Å². The van der Waals surface area contributed by atoms with Gasteiger partial charge in [0, 0.05) is 18.7 Å². The summed E-state index contributed by atoms with van der Waals surface area (Å²) in [6, 6.07) is 24.5. The summed E-state index contributed by atoms with van der Waals surface area (Å²) in [5, 5.41) is 5.69. The summed E-state index contributed by atoms with van der Waals surface area (Å²) in [7, 11) is 0. The minimum atomic E-state index is -0.247. The Morgan fingerprint density at radius 3 is 2.22 bits per heavy atom. The normalized spacial score (nSPS) is 10.3. The van der Waals surface area contributed by atoms with E-state index in [1.807, 2.05) is 79.7 Å². The van der Waals surface area contributed by atoms with Gasteiger partial charge in [0.2, 0.25) is 5.91 Å². The molecule has 0 fully saturated rings. The minimum Gasteiger partial charge on any atom is -0.485 e. The summed E-state index contributed by atoms with van der Waals surface area (Å²) in [5.41, 5.74) is 2.66. The molecule has 166 valence electrons. The van der Waals surface area contributed by atoms with Crippen molar-refractivity contribution < 1.29 is 19.1 Å². The third kappa shape index (κ3) is 7.47. The van der Waals surface area contributed by atoms with Crippen LogP contribution in [0.15, 0.2) is 78.9 Å². The van der Waals surface area contributed by atoms with E-state index >= 15 is 0 Å². The number of anilines is 1. The second-order valence-corrected chi connectivity index (χ2v) is 7.28. The van der Waals surface area contributed by atoms with E-state index in [1.165, 1.54) is 0 Å². The number of hydrogen-bond acceptors (Lipinski definition) is 4. The number of nitrogens with one attached hydrogen (secondary N) is 2. The lowest BCUT2D eigenvalue weighted by atomic mass is 10.2. The average molecular weight is 433 g/mol. The van der Waals surface area contributed by atoms with Gasteiger partial charge in [0.1, 0.15) is 6.61 Å². The second kappa shape index (κ2) is 12.2. The highest BCUT2D eigenvalue weighted by Gasteiger charge is 2.09. The van der Waals surface area contributed by atoms with Crippen molar-refractivity contribution in [1.82, 2.24) is 5.32 Å². The standard InChI is InChI=1S/C26H28N2O4/c1-2-9-25(29)28-22-13-8-12-21(16-22)17-27-26(30)19-32-24-15-7-6-14-23(24)31-18-20-10-4-3-5-11-20/h3-8,10-16H,2,9,17-19H2,1H3,(H,27,30)(H,28,29). The van der Waals surface area contributed by atoms with Gasteiger partial charge >= 0.3 is 0 Å². The van der Waals surface area contributed by atoms with Crippen LogP contribution in [0.25, 0.3) is 0 Å². The van der Waals surface area contributed by atoms with Crippen LogP contribution in [0.1, 0.15) is 30.9 Å². The molecule has 0 aromatic heterocycles. The Morgan fingerprint density at radius 1 is 0.781 bits per heavy atom. The smallest absolute Gasteiger partial charge is 0.258 e. The molecule has 3 aromatic carbocycles. The molecule has 0 unspecified atom stereocenters. The number of carbonyl (C=O) groups excluding carboxylic acids is 2. The van der Waals surface area contributed by atoms with Gasteiger partial charge in [-0.3, -0.25) is 9.59 Å². The van der Waals surface area contributed by atoms with Gasteiger partial charge in [-0.25, -0.2) is 0 Å². The molecule has 0 saturated heterocycles. The Kier molecular flexibility index (Phi) is 8.69. The third-order valence-electron chi connectivity index (χ3n) is 4.62. The van der Waals surface area contributed by atoms with E-state index in [1.54, 1.807) is 6.07 Å². The number of ether oxygens (including phenoxy) is 2. The molecule has 0 atom stereocenters. The number of carbonyl (C=O) groups is 2. The van der Waals surface area contributed by atoms with Crippen molar-refractivity contribution in [3.63, 3.8) is 0 Å². The van der Waals surface area contributed by atoms with E-state index in [0.29, 0.717) is 31.1 Å². The molecule has 0 aliphatic carbocycles. The molecule has 0 spiro atoms. The van der Waals surface area contributed by atoms with Crippen LogP contribution in [0.2, 0.25) is 0 Å². The van der Waals surface area contributed by atoms with Crippen molar-refractivity contribution >= 4 is 17.5 Å². The first-order chi connectivity index (χ1) is 15.6. The molecular formula is C26H28N2O4. The molecule has 32 heavy (non-hydrogen) atoms. The fourth-order valence-electron chi connectivity index (χ4n) is 3.03. The number of hydrogen-bond donors (Lipinski definition) is 2. The summed E-state index contributed by atoms with van der Waals surface area (Å²) >= 11 is 0. The summed E-state index contributed by atoms with van der Waals surface area (Å²) < 4.78 is 11.5. The van der Waals surface area contributed by atoms with Crippen LogP contribution in [0.3, 0.4) is 0 Å². The van der Waals surface area contributed by atoms with Crippen molar-refractivity contribution in [2.45, 2.75) is 32.9 Å². The van der Waals surface area contributed by atoms with Crippen molar-refractivity contribution in [3.8, 4) is 11.5 Å². The molecule has 2 N–H and O–H groups in total. The van der Waals surface area contributed by atoms with Gasteiger partial charge < -0.3 is 20.1 Å². The maximum Gasteiger partial charge on any atom is 0.258 e. The molecule has 6 heteroatoms. The van der Waals surface area contributed by atoms with Gasteiger partial charge in [0.05, 0.1) is 0 Å². The van der Waals surface area contributed by atoms with E-state index < -0.39 is 0 Å². The predicted octanol–water partition coefficient (Wildman–Crippen LogP) is 4.70. The Labute approximate surface area is 188 Å². The van der Waals surface area contributed by atoms with E-state index in [4.69, 9.17) is 9.47 Å². The second-order valence-electron chi connectivity index (χ2n) is 7.28. The van der Waals surface area contributed by atoms with E-state index in [-0.39, 0.29) is 18.4 Å². The molecule has 6 nitrogen and oxygen atoms in total. The highest BCUT2D eigenvalue weighted by Crippen LogP contribution is 2.27. The molecule has 2 amide bonds. The molecule has 0 bridgehead atoms. The van der Waals surface area contributed by atoms with E-state index in [9.17, 15) is 9.59 Å². The zero-order valence-corrected chi connectivity index (χ0v) is 18.2. The fraction of sp³-hybridized carbons (Fsp3) is 0.231. The molecule has 3 rings (SSSR count). The number of amides is 2. The molecule has 0 aliphatic heterocycles. The third-order valence-corrected chi connectivity index (χ3v) is 4.62. The quantitative estimate of drug-likeness (QED) is 0.461. The highest BCUT2D eigenvalue weighted by molar-refractivity contribution is 5.90. The Bertz CT molecular complexity index is 1020. The number of rotatable bonds is 11. The zero-order valence-electron chi connectivity index (χ0n) is 18.2. The van der Waals surface area contributed by atoms with Crippen LogP contribution in [0, 0.1) is 0 Å². The fourth-order valence-corrected chi connectivity index (χ4v) is 3.03. The summed E-state index contributed by atoms with van der Waals surface area (Å²) in [6.07, 6.45) is 1.27. The van der Waals surface area contributed by atoms with Gasteiger partial charge in [-0.05, 0) is 41.8 Å². The number of benzene rings is 3. The lowest BCUT2D eigenvalue weighted by Gasteiger charge is -2.13. The minimum absolute atomic E-state index is 0.0183. The first-order valence-electron chi connectivity index (χ1n) is 10.7. The lowest BCUT2D eigenvalue weighted by molar-refractivity contribution is -0.123. The van der Waals surface area contributed by atoms with Crippen molar-refractivity contribution in [1.29, 1.82) is 0 Å². The monoisotopic (exact) mass is 432 g/mol. The molecule has 3 aromatic rings. The summed E-state index contributed by atoms with van der Waals surface area (Å²) in [4.78, 5) is 24.0. The molecule has 0 heterocycles. The van der Waals surface area contributed by atoms with Crippen LogP contribution < -0.4 is 20.1 Å². The van der Waals surface area contributed by atoms with Crippen LogP contribution in [-0.4, -0.2) is 18.4 Å². The lowest BCUT2D eigenvalue weighted by Crippen LogP contribution is -2.28. The topological polar surface area (TPSA) is 76.7 Å². The predicted molar refractivity (Wildman–Crippen MR) is 125 cm³/mol. The van der Waals surface area contributed by atoms with Gasteiger partial charge in [-0.1, -0.05) is 61.5 Å². The summed E-state index contributed by atoms with van der Waals surface area (Å²) in [6.45, 7) is 2.59. The zero-order chi connectivity index (χ0) is 22.6. The van der Waals surface area contributed by atoms with Gasteiger partial charge in [0.15, 0.2) is 18.1 Å². The van der Waals surface area contributed by atoms with Gasteiger partial charge in [-0.15, -0.1) is 0 Å². The average Bonchev–Trinajstić information content (AvgIpc) is 2.81. The maximum atomic E-state index is 12.3. The SMILES string of the molecule is CCCC(=O)Nc1cccc(CNC(=O)COc2ccccc2OCc2ccccc2)c1. The summed E-state index contributed by atoms with van der Waals surface area (Å²) in [5.74, 6) is 0.831. The van der Waals surface area contributed by atoms with E-state index in [0.717, 1.165) is 23.2 Å². The Morgan fingerprint density at radius 2 is 1.47 bits per heavy atom. The van der Waals surface area contributed by atoms with Gasteiger partial charge in [0.25, 0.3) is 5.91 Å². The first-order valence-corrected chi connectivity index (χ1v) is 10.7. The van der Waals surface area contributed by atoms with Crippen LogP contribution >= 0.6 is 0 Å². The van der Waals surface area contributed by atoms with Crippen molar-refractivity contribution in [3.05, 3.63) is 90.0 Å². The maximum absolute atomic E-state index is 12.3. The first kappa shape index (κ1) is 22.9. The van der Waals surface area contributed by atoms with Gasteiger partial charge in [-0.2, -0.15) is 0 Å². The van der Waals surface area contributed by atoms with E-state index in [2.05, 4.69) is 10.6 Å². The Hall–Kier alpha value is -3.80. The van der Waals surface area contributed by atoms with Crippen LogP contribution in [0.5, 0.6) is 11.5 Å². The van der Waals surface area contributed by atoms with Crippen molar-refractivity contribution in [2.24, 2.45) is 0 Å². The van der Waals surface area contributed by atoms with Crippen molar-refractivity contribution in [2.75, 3.05) is 11.9 Å². The largest absolute Gasteiger partial charge is 0.485 e. The molecule has 0 aliphatic rings. The Balaban J connectivity index is 1.48.